The second-order valence-electron chi connectivity index (χ2n) is 7.79. The standard InChI is InChI=1S/C25H21ClN2O3/c1-31-21-11-10-16(26)14-20(21)27-24(29)22-18-8-4-5-9-19(18)25(30)28-13-12-15-6-2-3-7-17(15)23(22)28/h2-11,14,22-23H,12-13H2,1H3,(H,27,29)/t22-,23+/m0/s1. The zero-order valence-corrected chi connectivity index (χ0v) is 17.7. The minimum atomic E-state index is -0.556. The number of methoxy groups -OCH3 is 1. The minimum Gasteiger partial charge on any atom is -0.495 e. The molecule has 0 aliphatic carbocycles. The van der Waals surface area contributed by atoms with E-state index in [9.17, 15) is 9.59 Å². The lowest BCUT2D eigenvalue weighted by molar-refractivity contribution is -0.119. The van der Waals surface area contributed by atoms with Gasteiger partial charge in [0.15, 0.2) is 0 Å². The van der Waals surface area contributed by atoms with E-state index < -0.39 is 5.92 Å². The number of rotatable bonds is 3. The van der Waals surface area contributed by atoms with Crippen molar-refractivity contribution in [2.45, 2.75) is 18.4 Å². The molecule has 0 fully saturated rings. The molecule has 156 valence electrons. The largest absolute Gasteiger partial charge is 0.495 e. The van der Waals surface area contributed by atoms with Crippen LogP contribution in [0.4, 0.5) is 5.69 Å². The van der Waals surface area contributed by atoms with Gasteiger partial charge in [0.25, 0.3) is 5.91 Å². The molecule has 0 aromatic heterocycles. The maximum Gasteiger partial charge on any atom is 0.254 e. The Kier molecular flexibility index (Phi) is 4.91. The first-order valence-corrected chi connectivity index (χ1v) is 10.6. The smallest absolute Gasteiger partial charge is 0.254 e. The van der Waals surface area contributed by atoms with Crippen molar-refractivity contribution in [3.05, 3.63) is 94.0 Å². The van der Waals surface area contributed by atoms with E-state index in [1.807, 2.05) is 41.3 Å². The van der Waals surface area contributed by atoms with Gasteiger partial charge in [0.2, 0.25) is 5.91 Å². The molecular formula is C25H21ClN2O3. The Hall–Kier alpha value is -3.31. The average molecular weight is 433 g/mol. The first kappa shape index (κ1) is 19.6. The molecule has 0 unspecified atom stereocenters. The van der Waals surface area contributed by atoms with Crippen molar-refractivity contribution in [1.29, 1.82) is 0 Å². The van der Waals surface area contributed by atoms with Crippen molar-refractivity contribution in [2.24, 2.45) is 0 Å². The predicted octanol–water partition coefficient (Wildman–Crippen LogP) is 4.82. The molecule has 0 spiro atoms. The summed E-state index contributed by atoms with van der Waals surface area (Å²) in [6, 6.07) is 20.2. The highest BCUT2D eigenvalue weighted by Crippen LogP contribution is 2.46. The Morgan fingerprint density at radius 2 is 1.81 bits per heavy atom. The molecule has 1 N–H and O–H groups in total. The fourth-order valence-corrected chi connectivity index (χ4v) is 4.92. The fourth-order valence-electron chi connectivity index (χ4n) is 4.75. The van der Waals surface area contributed by atoms with Crippen LogP contribution in [0.25, 0.3) is 0 Å². The van der Waals surface area contributed by atoms with Gasteiger partial charge < -0.3 is 15.0 Å². The second-order valence-corrected chi connectivity index (χ2v) is 8.23. The van der Waals surface area contributed by atoms with Gasteiger partial charge in [-0.25, -0.2) is 0 Å². The third kappa shape index (κ3) is 3.26. The van der Waals surface area contributed by atoms with Gasteiger partial charge in [-0.05, 0) is 47.4 Å². The van der Waals surface area contributed by atoms with Crippen LogP contribution in [0.5, 0.6) is 5.75 Å². The monoisotopic (exact) mass is 432 g/mol. The van der Waals surface area contributed by atoms with Crippen LogP contribution in [0.1, 0.15) is 39.0 Å². The Balaban J connectivity index is 1.63. The minimum absolute atomic E-state index is 0.0283. The number of hydrogen-bond donors (Lipinski definition) is 1. The van der Waals surface area contributed by atoms with Crippen LogP contribution in [0.2, 0.25) is 5.02 Å². The first-order valence-electron chi connectivity index (χ1n) is 10.2. The van der Waals surface area contributed by atoms with Crippen LogP contribution in [-0.2, 0) is 11.2 Å². The lowest BCUT2D eigenvalue weighted by Gasteiger charge is -2.45. The number of amides is 2. The average Bonchev–Trinajstić information content (AvgIpc) is 2.79. The number of halogens is 1. The highest BCUT2D eigenvalue weighted by atomic mass is 35.5. The van der Waals surface area contributed by atoms with Crippen molar-refractivity contribution >= 4 is 29.1 Å². The summed E-state index contributed by atoms with van der Waals surface area (Å²) in [6.07, 6.45) is 0.775. The van der Waals surface area contributed by atoms with E-state index in [1.54, 1.807) is 31.4 Å². The Morgan fingerprint density at radius 1 is 1.06 bits per heavy atom. The molecular weight excluding hydrogens is 412 g/mol. The summed E-state index contributed by atoms with van der Waals surface area (Å²) >= 11 is 6.16. The third-order valence-electron chi connectivity index (χ3n) is 6.14. The summed E-state index contributed by atoms with van der Waals surface area (Å²) < 4.78 is 5.40. The van der Waals surface area contributed by atoms with Crippen molar-refractivity contribution < 1.29 is 14.3 Å². The van der Waals surface area contributed by atoms with Crippen molar-refractivity contribution in [1.82, 2.24) is 4.90 Å². The summed E-state index contributed by atoms with van der Waals surface area (Å²) in [5.41, 5.74) is 4.02. The van der Waals surface area contributed by atoms with E-state index >= 15 is 0 Å². The SMILES string of the molecule is COc1ccc(Cl)cc1NC(=O)[C@H]1c2ccccc2C(=O)N2CCc3ccccc3[C@H]12. The summed E-state index contributed by atoms with van der Waals surface area (Å²) in [5, 5.41) is 3.51. The lowest BCUT2D eigenvalue weighted by Crippen LogP contribution is -2.49. The number of anilines is 1. The molecule has 31 heavy (non-hydrogen) atoms. The summed E-state index contributed by atoms with van der Waals surface area (Å²) in [5.74, 6) is -0.260. The number of fused-ring (bicyclic) bond motifs is 4. The number of hydrogen-bond acceptors (Lipinski definition) is 3. The van der Waals surface area contributed by atoms with Gasteiger partial charge in [0.05, 0.1) is 24.8 Å². The molecule has 5 nitrogen and oxygen atoms in total. The second kappa shape index (κ2) is 7.75. The van der Waals surface area contributed by atoms with E-state index in [0.717, 1.165) is 17.5 Å². The number of benzene rings is 3. The summed E-state index contributed by atoms with van der Waals surface area (Å²) in [4.78, 5) is 28.9. The van der Waals surface area contributed by atoms with E-state index in [4.69, 9.17) is 16.3 Å². The molecule has 6 heteroatoms. The van der Waals surface area contributed by atoms with Crippen LogP contribution >= 0.6 is 11.6 Å². The molecule has 0 radical (unpaired) electrons. The Labute approximate surface area is 185 Å². The quantitative estimate of drug-likeness (QED) is 0.645. The van der Waals surface area contributed by atoms with Gasteiger partial charge >= 0.3 is 0 Å². The van der Waals surface area contributed by atoms with Crippen LogP contribution in [0.3, 0.4) is 0 Å². The number of carbonyl (C=O) groups is 2. The number of nitrogens with zero attached hydrogens (tertiary/aromatic N) is 1. The highest BCUT2D eigenvalue weighted by Gasteiger charge is 2.46. The normalized spacial score (nSPS) is 19.2. The maximum absolute atomic E-state index is 13.7. The van der Waals surface area contributed by atoms with Crippen LogP contribution in [-0.4, -0.2) is 30.4 Å². The van der Waals surface area contributed by atoms with Crippen LogP contribution in [0.15, 0.2) is 66.7 Å². The molecule has 2 atom stereocenters. The molecule has 5 rings (SSSR count). The topological polar surface area (TPSA) is 58.6 Å². The molecule has 3 aromatic carbocycles. The zero-order valence-electron chi connectivity index (χ0n) is 17.0. The van der Waals surface area contributed by atoms with Gasteiger partial charge in [-0.1, -0.05) is 54.1 Å². The van der Waals surface area contributed by atoms with Gasteiger partial charge in [0, 0.05) is 17.1 Å². The van der Waals surface area contributed by atoms with Crippen molar-refractivity contribution in [3.63, 3.8) is 0 Å². The lowest BCUT2D eigenvalue weighted by atomic mass is 9.76. The molecule has 0 saturated heterocycles. The molecule has 0 bridgehead atoms. The number of carbonyl (C=O) groups excluding carboxylic acids is 2. The number of nitrogens with one attached hydrogen (secondary N) is 1. The Morgan fingerprint density at radius 3 is 2.61 bits per heavy atom. The molecule has 2 amide bonds. The highest BCUT2D eigenvalue weighted by molar-refractivity contribution is 6.31. The summed E-state index contributed by atoms with van der Waals surface area (Å²) in [6.45, 7) is 0.582. The zero-order chi connectivity index (χ0) is 21.5. The molecule has 2 aliphatic rings. The van der Waals surface area contributed by atoms with E-state index in [1.165, 1.54) is 5.56 Å². The Bertz CT molecular complexity index is 1190. The van der Waals surface area contributed by atoms with Crippen molar-refractivity contribution in [3.8, 4) is 5.75 Å². The van der Waals surface area contributed by atoms with E-state index in [2.05, 4.69) is 11.4 Å². The first-order chi connectivity index (χ1) is 15.1. The van der Waals surface area contributed by atoms with Gasteiger partial charge in [-0.3, -0.25) is 9.59 Å². The molecule has 3 aromatic rings. The van der Waals surface area contributed by atoms with Crippen molar-refractivity contribution in [2.75, 3.05) is 19.0 Å². The summed E-state index contributed by atoms with van der Waals surface area (Å²) in [7, 11) is 1.55. The van der Waals surface area contributed by atoms with Gasteiger partial charge in [-0.15, -0.1) is 0 Å². The maximum atomic E-state index is 13.7. The molecule has 0 saturated carbocycles. The van der Waals surface area contributed by atoms with Gasteiger partial charge in [-0.2, -0.15) is 0 Å². The predicted molar refractivity (Wildman–Crippen MR) is 120 cm³/mol. The van der Waals surface area contributed by atoms with Crippen LogP contribution < -0.4 is 10.1 Å². The van der Waals surface area contributed by atoms with Gasteiger partial charge in [0.1, 0.15) is 5.75 Å². The molecule has 2 heterocycles. The fraction of sp³-hybridized carbons (Fsp3) is 0.200. The van der Waals surface area contributed by atoms with Crippen LogP contribution in [0, 0.1) is 0 Å². The van der Waals surface area contributed by atoms with E-state index in [-0.39, 0.29) is 17.9 Å². The number of ether oxygens (including phenoxy) is 1. The van der Waals surface area contributed by atoms with E-state index in [0.29, 0.717) is 28.6 Å². The third-order valence-corrected chi connectivity index (χ3v) is 6.37. The molecule has 2 aliphatic heterocycles.